The number of β-amino-alcohol motifs (C(OH)–C–C–N with tert-alkyl or cyclic N) is 1. The first-order valence-electron chi connectivity index (χ1n) is 7.92. The third-order valence-corrected chi connectivity index (χ3v) is 4.66. The molecule has 2 aromatic rings. The zero-order valence-corrected chi connectivity index (χ0v) is 12.5. The van der Waals surface area contributed by atoms with Gasteiger partial charge in [-0.15, -0.1) is 0 Å². The van der Waals surface area contributed by atoms with Crippen LogP contribution in [0.3, 0.4) is 0 Å². The fourth-order valence-electron chi connectivity index (χ4n) is 3.40. The average molecular weight is 300 g/mol. The van der Waals surface area contributed by atoms with Gasteiger partial charge in [-0.3, -0.25) is 4.79 Å². The van der Waals surface area contributed by atoms with Crippen molar-refractivity contribution in [2.45, 2.75) is 25.4 Å². The molecule has 2 aromatic heterocycles. The molecule has 1 atom stereocenters. The summed E-state index contributed by atoms with van der Waals surface area (Å²) in [6.45, 7) is 3.18. The van der Waals surface area contributed by atoms with Crippen molar-refractivity contribution in [2.75, 3.05) is 31.1 Å². The molecule has 1 amide bonds. The second-order valence-electron chi connectivity index (χ2n) is 6.16. The molecule has 0 spiro atoms. The molecule has 2 aliphatic rings. The molecular formula is C16H20N4O2. The monoisotopic (exact) mass is 300 g/mol. The second kappa shape index (κ2) is 5.28. The molecule has 0 bridgehead atoms. The van der Waals surface area contributed by atoms with Gasteiger partial charge in [0.1, 0.15) is 0 Å². The fourth-order valence-corrected chi connectivity index (χ4v) is 3.40. The first kappa shape index (κ1) is 13.6. The number of amides is 1. The van der Waals surface area contributed by atoms with Gasteiger partial charge < -0.3 is 14.9 Å². The maximum Gasteiger partial charge on any atom is 0.257 e. The third-order valence-electron chi connectivity index (χ3n) is 4.66. The molecule has 6 nitrogen and oxygen atoms in total. The summed E-state index contributed by atoms with van der Waals surface area (Å²) < 4.78 is 1.75. The predicted octanol–water partition coefficient (Wildman–Crippen LogP) is 1.14. The van der Waals surface area contributed by atoms with E-state index in [1.165, 1.54) is 12.8 Å². The van der Waals surface area contributed by atoms with Gasteiger partial charge in [0.15, 0.2) is 0 Å². The molecule has 4 rings (SSSR count). The number of nitrogens with zero attached hydrogens (tertiary/aromatic N) is 4. The minimum absolute atomic E-state index is 0.0369. The van der Waals surface area contributed by atoms with Gasteiger partial charge in [0.05, 0.1) is 23.4 Å². The summed E-state index contributed by atoms with van der Waals surface area (Å²) in [5, 5.41) is 13.9. The van der Waals surface area contributed by atoms with Crippen molar-refractivity contribution in [3.8, 4) is 0 Å². The summed E-state index contributed by atoms with van der Waals surface area (Å²) >= 11 is 0. The predicted molar refractivity (Wildman–Crippen MR) is 83.2 cm³/mol. The van der Waals surface area contributed by atoms with E-state index in [1.807, 2.05) is 6.20 Å². The number of hydrogen-bond acceptors (Lipinski definition) is 4. The lowest BCUT2D eigenvalue weighted by molar-refractivity contribution is 0.0767. The molecule has 2 fully saturated rings. The number of likely N-dealkylation sites (tertiary alicyclic amines) is 1. The Hall–Kier alpha value is -2.08. The van der Waals surface area contributed by atoms with Gasteiger partial charge >= 0.3 is 0 Å². The van der Waals surface area contributed by atoms with Crippen LogP contribution in [0.15, 0.2) is 24.5 Å². The Bertz CT molecular complexity index is 705. The van der Waals surface area contributed by atoms with Crippen molar-refractivity contribution in [3.63, 3.8) is 0 Å². The minimum Gasteiger partial charge on any atom is -0.391 e. The average Bonchev–Trinajstić information content (AvgIpc) is 3.26. The van der Waals surface area contributed by atoms with Gasteiger partial charge in [0, 0.05) is 38.1 Å². The van der Waals surface area contributed by atoms with E-state index in [2.05, 4.69) is 22.1 Å². The Morgan fingerprint density at radius 2 is 2.09 bits per heavy atom. The molecule has 0 saturated carbocycles. The van der Waals surface area contributed by atoms with Crippen LogP contribution in [0, 0.1) is 0 Å². The SMILES string of the molecule is O=C(c1cnn2ccc(N3CCCC3)cc12)N1CCC(O)C1. The molecule has 2 aliphatic heterocycles. The molecule has 0 radical (unpaired) electrons. The maximum atomic E-state index is 12.6. The van der Waals surface area contributed by atoms with E-state index in [1.54, 1.807) is 15.6 Å². The van der Waals surface area contributed by atoms with Crippen LogP contribution in [0.1, 0.15) is 29.6 Å². The summed E-state index contributed by atoms with van der Waals surface area (Å²) in [7, 11) is 0. The van der Waals surface area contributed by atoms with Crippen LogP contribution in [-0.2, 0) is 0 Å². The van der Waals surface area contributed by atoms with Crippen LogP contribution in [-0.4, -0.2) is 57.8 Å². The van der Waals surface area contributed by atoms with Crippen molar-refractivity contribution in [2.24, 2.45) is 0 Å². The number of rotatable bonds is 2. The Morgan fingerprint density at radius 1 is 1.27 bits per heavy atom. The van der Waals surface area contributed by atoms with Gasteiger partial charge in [-0.2, -0.15) is 5.10 Å². The number of carbonyl (C=O) groups is 1. The van der Waals surface area contributed by atoms with Crippen molar-refractivity contribution >= 4 is 17.1 Å². The van der Waals surface area contributed by atoms with Crippen molar-refractivity contribution < 1.29 is 9.90 Å². The zero-order valence-electron chi connectivity index (χ0n) is 12.5. The smallest absolute Gasteiger partial charge is 0.257 e. The molecule has 1 N–H and O–H groups in total. The van der Waals surface area contributed by atoms with Crippen LogP contribution in [0.5, 0.6) is 0 Å². The number of aliphatic hydroxyl groups is 1. The number of aliphatic hydroxyl groups excluding tert-OH is 1. The normalized spacial score (nSPS) is 22.0. The first-order chi connectivity index (χ1) is 10.7. The third kappa shape index (κ3) is 2.23. The molecule has 2 saturated heterocycles. The Labute approximate surface area is 128 Å². The minimum atomic E-state index is -0.397. The van der Waals surface area contributed by atoms with Gasteiger partial charge in [-0.25, -0.2) is 4.52 Å². The summed E-state index contributed by atoms with van der Waals surface area (Å²) in [6.07, 6.45) is 6.26. The highest BCUT2D eigenvalue weighted by molar-refractivity contribution is 6.01. The Kier molecular flexibility index (Phi) is 3.26. The van der Waals surface area contributed by atoms with E-state index in [-0.39, 0.29) is 5.91 Å². The van der Waals surface area contributed by atoms with E-state index in [0.29, 0.717) is 25.1 Å². The highest BCUT2D eigenvalue weighted by atomic mass is 16.3. The highest BCUT2D eigenvalue weighted by Gasteiger charge is 2.27. The number of pyridine rings is 1. The van der Waals surface area contributed by atoms with Crippen molar-refractivity contribution in [1.82, 2.24) is 14.5 Å². The van der Waals surface area contributed by atoms with E-state index in [9.17, 15) is 9.90 Å². The number of hydrogen-bond donors (Lipinski definition) is 1. The van der Waals surface area contributed by atoms with Gasteiger partial charge in [0.2, 0.25) is 0 Å². The summed E-state index contributed by atoms with van der Waals surface area (Å²) in [5.41, 5.74) is 2.62. The zero-order chi connectivity index (χ0) is 15.1. The summed E-state index contributed by atoms with van der Waals surface area (Å²) in [4.78, 5) is 16.7. The Balaban J connectivity index is 1.68. The van der Waals surface area contributed by atoms with Gasteiger partial charge in [0.25, 0.3) is 5.91 Å². The van der Waals surface area contributed by atoms with Crippen molar-refractivity contribution in [1.29, 1.82) is 0 Å². The topological polar surface area (TPSA) is 61.1 Å². The van der Waals surface area contributed by atoms with Crippen LogP contribution < -0.4 is 4.90 Å². The van der Waals surface area contributed by atoms with Gasteiger partial charge in [-0.1, -0.05) is 0 Å². The molecule has 0 aromatic carbocycles. The lowest BCUT2D eigenvalue weighted by atomic mass is 10.2. The van der Waals surface area contributed by atoms with E-state index < -0.39 is 6.10 Å². The molecule has 6 heteroatoms. The standard InChI is InChI=1S/C16H20N4O2/c21-13-4-7-19(11-13)16(22)14-10-17-20-8-3-12(9-15(14)20)18-5-1-2-6-18/h3,8-10,13,21H,1-2,4-7,11H2. The fraction of sp³-hybridized carbons (Fsp3) is 0.500. The Morgan fingerprint density at radius 3 is 2.82 bits per heavy atom. The molecule has 1 unspecified atom stereocenters. The lowest BCUT2D eigenvalue weighted by Crippen LogP contribution is -2.29. The quantitative estimate of drug-likeness (QED) is 0.903. The van der Waals surface area contributed by atoms with E-state index in [4.69, 9.17) is 0 Å². The highest BCUT2D eigenvalue weighted by Crippen LogP contribution is 2.24. The van der Waals surface area contributed by atoms with Crippen molar-refractivity contribution in [3.05, 3.63) is 30.1 Å². The second-order valence-corrected chi connectivity index (χ2v) is 6.16. The van der Waals surface area contributed by atoms with Crippen LogP contribution in [0.2, 0.25) is 0 Å². The molecule has 116 valence electrons. The molecular weight excluding hydrogens is 280 g/mol. The first-order valence-corrected chi connectivity index (χ1v) is 7.92. The van der Waals surface area contributed by atoms with Crippen LogP contribution in [0.4, 0.5) is 5.69 Å². The number of fused-ring (bicyclic) bond motifs is 1. The largest absolute Gasteiger partial charge is 0.391 e. The van der Waals surface area contributed by atoms with E-state index >= 15 is 0 Å². The molecule has 0 aliphatic carbocycles. The number of carbonyl (C=O) groups excluding carboxylic acids is 1. The summed E-state index contributed by atoms with van der Waals surface area (Å²) in [5.74, 6) is -0.0369. The molecule has 22 heavy (non-hydrogen) atoms. The number of anilines is 1. The molecule has 4 heterocycles. The lowest BCUT2D eigenvalue weighted by Gasteiger charge is -2.18. The van der Waals surface area contributed by atoms with Crippen LogP contribution in [0.25, 0.3) is 5.52 Å². The van der Waals surface area contributed by atoms with Gasteiger partial charge in [-0.05, 0) is 31.4 Å². The van der Waals surface area contributed by atoms with Crippen LogP contribution >= 0.6 is 0 Å². The summed E-state index contributed by atoms with van der Waals surface area (Å²) in [6, 6.07) is 4.11. The van der Waals surface area contributed by atoms with E-state index in [0.717, 1.165) is 24.3 Å². The number of aromatic nitrogens is 2. The maximum absolute atomic E-state index is 12.6.